The smallest absolute Gasteiger partial charge is 0.222 e. The summed E-state index contributed by atoms with van der Waals surface area (Å²) in [6, 6.07) is 10.7. The molecule has 0 saturated carbocycles. The molecule has 35 heavy (non-hydrogen) atoms. The van der Waals surface area contributed by atoms with Crippen molar-refractivity contribution in [3.63, 3.8) is 0 Å². The fourth-order valence-corrected chi connectivity index (χ4v) is 5.52. The molecule has 3 heterocycles. The van der Waals surface area contributed by atoms with E-state index in [2.05, 4.69) is 15.1 Å². The van der Waals surface area contributed by atoms with Gasteiger partial charge in [-0.3, -0.25) is 0 Å². The molecule has 178 valence electrons. The Kier molecular flexibility index (Phi) is 6.13. The zero-order chi connectivity index (χ0) is 24.6. The molecule has 0 aliphatic heterocycles. The molecule has 0 unspecified atom stereocenters. The van der Waals surface area contributed by atoms with Gasteiger partial charge < -0.3 is 10.2 Å². The molecule has 0 bridgehead atoms. The highest BCUT2D eigenvalue weighted by Gasteiger charge is 2.41. The average Bonchev–Trinajstić information content (AvgIpc) is 3.61. The van der Waals surface area contributed by atoms with Gasteiger partial charge in [-0.25, -0.2) is 28.4 Å². The second-order valence-electron chi connectivity index (χ2n) is 8.02. The van der Waals surface area contributed by atoms with Crippen LogP contribution in [0.25, 0.3) is 21.8 Å². The Labute approximate surface area is 207 Å². The number of hydrogen-bond acceptors (Lipinski definition) is 8. The fraction of sp³-hybridized carbons (Fsp3) is 0.167. The number of rotatable bonds is 7. The molecular weight excluding hydrogens is 492 g/mol. The standard InChI is InChI=1S/C24H19F2N5O2S2/c1-14(24(33,11-31-13-27-12-28-31)18-7-6-17(25)8-19(18)26)22-29-20(9-34-22)15-2-4-16(5-3-15)23-30-21(32)10-35-23/h2-10,12-14,32-33H,11H2,1H3/t14-,24+/m0/s1. The highest BCUT2D eigenvalue weighted by Crippen LogP contribution is 2.41. The first kappa shape index (κ1) is 23.2. The number of aromatic hydroxyl groups is 1. The van der Waals surface area contributed by atoms with Crippen LogP contribution in [-0.2, 0) is 12.1 Å². The van der Waals surface area contributed by atoms with E-state index in [0.717, 1.165) is 23.3 Å². The molecule has 0 fully saturated rings. The first-order chi connectivity index (χ1) is 16.8. The Morgan fingerprint density at radius 1 is 1.03 bits per heavy atom. The van der Waals surface area contributed by atoms with Crippen molar-refractivity contribution >= 4 is 22.7 Å². The molecule has 0 saturated heterocycles. The van der Waals surface area contributed by atoms with E-state index in [1.807, 2.05) is 29.6 Å². The predicted molar refractivity (Wildman–Crippen MR) is 129 cm³/mol. The van der Waals surface area contributed by atoms with Crippen LogP contribution < -0.4 is 0 Å². The van der Waals surface area contributed by atoms with Gasteiger partial charge in [0.15, 0.2) is 0 Å². The van der Waals surface area contributed by atoms with Crippen LogP contribution in [0.1, 0.15) is 23.4 Å². The summed E-state index contributed by atoms with van der Waals surface area (Å²) >= 11 is 2.69. The Bertz CT molecular complexity index is 1450. The Morgan fingerprint density at radius 3 is 2.46 bits per heavy atom. The molecule has 2 N–H and O–H groups in total. The lowest BCUT2D eigenvalue weighted by atomic mass is 9.82. The first-order valence-electron chi connectivity index (χ1n) is 10.5. The Balaban J connectivity index is 1.47. The molecule has 3 aromatic heterocycles. The number of thiazole rings is 2. The van der Waals surface area contributed by atoms with Crippen LogP contribution in [0, 0.1) is 11.6 Å². The average molecular weight is 512 g/mol. The maximum atomic E-state index is 14.8. The summed E-state index contributed by atoms with van der Waals surface area (Å²) in [6.07, 6.45) is 2.75. The quantitative estimate of drug-likeness (QED) is 0.312. The fourth-order valence-electron chi connectivity index (χ4n) is 3.86. The monoisotopic (exact) mass is 511 g/mol. The third-order valence-electron chi connectivity index (χ3n) is 5.80. The summed E-state index contributed by atoms with van der Waals surface area (Å²) in [4.78, 5) is 12.7. The summed E-state index contributed by atoms with van der Waals surface area (Å²) in [5.74, 6) is -2.24. The highest BCUT2D eigenvalue weighted by atomic mass is 32.1. The van der Waals surface area contributed by atoms with Gasteiger partial charge >= 0.3 is 0 Å². The van der Waals surface area contributed by atoms with E-state index >= 15 is 0 Å². The molecule has 0 amide bonds. The third kappa shape index (κ3) is 4.57. The van der Waals surface area contributed by atoms with Gasteiger partial charge in [-0.15, -0.1) is 22.7 Å². The van der Waals surface area contributed by atoms with E-state index in [-0.39, 0.29) is 18.0 Å². The van der Waals surface area contributed by atoms with Gasteiger partial charge in [-0.2, -0.15) is 5.10 Å². The van der Waals surface area contributed by atoms with Crippen LogP contribution in [0.4, 0.5) is 8.78 Å². The molecule has 0 aliphatic carbocycles. The minimum atomic E-state index is -1.77. The minimum absolute atomic E-state index is 0.0109. The molecule has 0 aliphatic rings. The van der Waals surface area contributed by atoms with Crippen LogP contribution in [0.15, 0.2) is 65.9 Å². The largest absolute Gasteiger partial charge is 0.493 e. The number of aromatic nitrogens is 5. The van der Waals surface area contributed by atoms with Gasteiger partial charge in [0.05, 0.1) is 22.6 Å². The van der Waals surface area contributed by atoms with Gasteiger partial charge in [0.1, 0.15) is 34.9 Å². The van der Waals surface area contributed by atoms with Crippen molar-refractivity contribution in [2.75, 3.05) is 0 Å². The second-order valence-corrected chi connectivity index (χ2v) is 9.77. The zero-order valence-electron chi connectivity index (χ0n) is 18.3. The van der Waals surface area contributed by atoms with E-state index in [9.17, 15) is 19.0 Å². The van der Waals surface area contributed by atoms with Crippen molar-refractivity contribution < 1.29 is 19.0 Å². The lowest BCUT2D eigenvalue weighted by Crippen LogP contribution is -2.38. The van der Waals surface area contributed by atoms with Gasteiger partial charge in [0, 0.05) is 34.1 Å². The molecule has 5 rings (SSSR count). The van der Waals surface area contributed by atoms with E-state index in [0.29, 0.717) is 15.7 Å². The number of aliphatic hydroxyl groups is 1. The summed E-state index contributed by atoms with van der Waals surface area (Å²) in [7, 11) is 0. The summed E-state index contributed by atoms with van der Waals surface area (Å²) in [5, 5.41) is 30.0. The number of nitrogens with zero attached hydrogens (tertiary/aromatic N) is 5. The first-order valence-corrected chi connectivity index (χ1v) is 12.3. The zero-order valence-corrected chi connectivity index (χ0v) is 20.0. The van der Waals surface area contributed by atoms with E-state index in [1.54, 1.807) is 12.3 Å². The van der Waals surface area contributed by atoms with Crippen molar-refractivity contribution in [2.45, 2.75) is 25.0 Å². The second kappa shape index (κ2) is 9.25. The normalized spacial score (nSPS) is 14.1. The lowest BCUT2D eigenvalue weighted by molar-refractivity contribution is -0.0112. The highest BCUT2D eigenvalue weighted by molar-refractivity contribution is 7.13. The molecule has 2 atom stereocenters. The van der Waals surface area contributed by atoms with Gasteiger partial charge in [0.25, 0.3) is 0 Å². The van der Waals surface area contributed by atoms with Crippen LogP contribution in [0.3, 0.4) is 0 Å². The van der Waals surface area contributed by atoms with Crippen molar-refractivity contribution in [2.24, 2.45) is 0 Å². The summed E-state index contributed by atoms with van der Waals surface area (Å²) in [5.41, 5.74) is 0.619. The molecule has 11 heteroatoms. The van der Waals surface area contributed by atoms with Crippen LogP contribution in [0.5, 0.6) is 5.88 Å². The predicted octanol–water partition coefficient (Wildman–Crippen LogP) is 5.20. The number of halogens is 2. The van der Waals surface area contributed by atoms with Crippen LogP contribution in [-0.4, -0.2) is 34.9 Å². The summed E-state index contributed by atoms with van der Waals surface area (Å²) in [6.45, 7) is 1.65. The van der Waals surface area contributed by atoms with Crippen molar-refractivity contribution in [3.05, 3.63) is 88.1 Å². The van der Waals surface area contributed by atoms with Crippen molar-refractivity contribution in [1.29, 1.82) is 0 Å². The number of hydrogen-bond donors (Lipinski definition) is 2. The van der Waals surface area contributed by atoms with Gasteiger partial charge in [0.2, 0.25) is 5.88 Å². The van der Waals surface area contributed by atoms with Gasteiger partial charge in [-0.1, -0.05) is 37.3 Å². The summed E-state index contributed by atoms with van der Waals surface area (Å²) < 4.78 is 29.8. The maximum absolute atomic E-state index is 14.8. The molecule has 0 radical (unpaired) electrons. The van der Waals surface area contributed by atoms with Crippen molar-refractivity contribution in [1.82, 2.24) is 24.7 Å². The molecule has 7 nitrogen and oxygen atoms in total. The molecule has 2 aromatic carbocycles. The van der Waals surface area contributed by atoms with E-state index in [1.165, 1.54) is 46.1 Å². The van der Waals surface area contributed by atoms with Crippen LogP contribution in [0.2, 0.25) is 0 Å². The SMILES string of the molecule is C[C@@H](c1nc(-c2ccc(-c3nc(O)cs3)cc2)cs1)[C@](O)(Cn1cncn1)c1ccc(F)cc1F. The van der Waals surface area contributed by atoms with Crippen LogP contribution >= 0.6 is 22.7 Å². The number of benzene rings is 2. The van der Waals surface area contributed by atoms with Gasteiger partial charge in [-0.05, 0) is 6.07 Å². The third-order valence-corrected chi connectivity index (χ3v) is 7.70. The molecular formula is C24H19F2N5O2S2. The van der Waals surface area contributed by atoms with Crippen molar-refractivity contribution in [3.8, 4) is 27.7 Å². The maximum Gasteiger partial charge on any atom is 0.222 e. The molecule has 5 aromatic rings. The molecule has 0 spiro atoms. The topological polar surface area (TPSA) is 97.0 Å². The Hall–Kier alpha value is -3.54. The van der Waals surface area contributed by atoms with E-state index < -0.39 is 23.2 Å². The Morgan fingerprint density at radius 2 is 1.80 bits per heavy atom. The minimum Gasteiger partial charge on any atom is -0.493 e. The lowest BCUT2D eigenvalue weighted by Gasteiger charge is -2.33. The van der Waals surface area contributed by atoms with E-state index in [4.69, 9.17) is 4.98 Å².